The molecule has 5 heteroatoms. The number of carbonyl (C=O) groups excluding carboxylic acids is 1. The Morgan fingerprint density at radius 1 is 0.933 bits per heavy atom. The molecule has 0 unspecified atom stereocenters. The minimum Gasteiger partial charge on any atom is -0.490 e. The van der Waals surface area contributed by atoms with Gasteiger partial charge in [-0.3, -0.25) is 9.69 Å². The van der Waals surface area contributed by atoms with Crippen LogP contribution in [0.3, 0.4) is 0 Å². The van der Waals surface area contributed by atoms with Gasteiger partial charge in [0.05, 0.1) is 13.2 Å². The van der Waals surface area contributed by atoms with Gasteiger partial charge in [-0.05, 0) is 49.6 Å². The predicted octanol–water partition coefficient (Wildman–Crippen LogP) is 4.23. The fourth-order valence-electron chi connectivity index (χ4n) is 3.64. The first-order valence-corrected chi connectivity index (χ1v) is 10.8. The van der Waals surface area contributed by atoms with Crippen LogP contribution in [-0.4, -0.2) is 55.1 Å². The van der Waals surface area contributed by atoms with Gasteiger partial charge in [0.1, 0.15) is 0 Å². The Bertz CT molecular complexity index is 836. The summed E-state index contributed by atoms with van der Waals surface area (Å²) in [5.74, 6) is 1.50. The Kier molecular flexibility index (Phi) is 8.33. The quantitative estimate of drug-likeness (QED) is 0.613. The Morgan fingerprint density at radius 3 is 2.47 bits per heavy atom. The van der Waals surface area contributed by atoms with Gasteiger partial charge in [-0.25, -0.2) is 0 Å². The summed E-state index contributed by atoms with van der Waals surface area (Å²) in [6, 6.07) is 16.3. The molecular formula is C25H32N2O3. The van der Waals surface area contributed by atoms with E-state index >= 15 is 0 Å². The zero-order chi connectivity index (χ0) is 21.2. The highest BCUT2D eigenvalue weighted by molar-refractivity contribution is 5.91. The molecule has 1 fully saturated rings. The maximum atomic E-state index is 12.7. The molecule has 2 aromatic carbocycles. The van der Waals surface area contributed by atoms with Crippen LogP contribution in [0.25, 0.3) is 6.08 Å². The van der Waals surface area contributed by atoms with Gasteiger partial charge in [0, 0.05) is 38.8 Å². The van der Waals surface area contributed by atoms with E-state index in [1.165, 1.54) is 5.56 Å². The van der Waals surface area contributed by atoms with Gasteiger partial charge in [0.2, 0.25) is 5.91 Å². The summed E-state index contributed by atoms with van der Waals surface area (Å²) < 4.78 is 11.3. The summed E-state index contributed by atoms with van der Waals surface area (Å²) in [6.07, 6.45) is 4.51. The van der Waals surface area contributed by atoms with Crippen molar-refractivity contribution in [2.75, 3.05) is 39.4 Å². The van der Waals surface area contributed by atoms with Crippen LogP contribution < -0.4 is 9.47 Å². The van der Waals surface area contributed by atoms with E-state index in [9.17, 15) is 4.79 Å². The molecule has 30 heavy (non-hydrogen) atoms. The van der Waals surface area contributed by atoms with Crippen LogP contribution in [0.4, 0.5) is 0 Å². The van der Waals surface area contributed by atoms with E-state index in [4.69, 9.17) is 9.47 Å². The van der Waals surface area contributed by atoms with Crippen molar-refractivity contribution in [3.05, 3.63) is 65.7 Å². The van der Waals surface area contributed by atoms with E-state index < -0.39 is 0 Å². The molecule has 0 spiro atoms. The van der Waals surface area contributed by atoms with Gasteiger partial charge < -0.3 is 14.4 Å². The van der Waals surface area contributed by atoms with Crippen molar-refractivity contribution in [2.24, 2.45) is 0 Å². The van der Waals surface area contributed by atoms with Crippen LogP contribution in [0.1, 0.15) is 31.4 Å². The first kappa shape index (κ1) is 21.9. The molecule has 1 saturated heterocycles. The van der Waals surface area contributed by atoms with Crippen molar-refractivity contribution in [3.63, 3.8) is 0 Å². The molecule has 0 bridgehead atoms. The van der Waals surface area contributed by atoms with E-state index in [1.54, 1.807) is 6.08 Å². The minimum absolute atomic E-state index is 0.0587. The van der Waals surface area contributed by atoms with E-state index in [0.29, 0.717) is 19.0 Å². The molecule has 3 rings (SSSR count). The number of amides is 1. The smallest absolute Gasteiger partial charge is 0.246 e. The fourth-order valence-corrected chi connectivity index (χ4v) is 3.64. The zero-order valence-electron chi connectivity index (χ0n) is 18.0. The Balaban J connectivity index is 1.57. The number of carbonyl (C=O) groups is 1. The summed E-state index contributed by atoms with van der Waals surface area (Å²) in [5, 5.41) is 0. The van der Waals surface area contributed by atoms with Gasteiger partial charge in [-0.1, -0.05) is 36.4 Å². The highest BCUT2D eigenvalue weighted by Crippen LogP contribution is 2.29. The average Bonchev–Trinajstić information content (AvgIpc) is 3.00. The molecule has 1 heterocycles. The van der Waals surface area contributed by atoms with Gasteiger partial charge >= 0.3 is 0 Å². The van der Waals surface area contributed by atoms with Crippen LogP contribution in [-0.2, 0) is 11.3 Å². The van der Waals surface area contributed by atoms with Crippen molar-refractivity contribution >= 4 is 12.0 Å². The summed E-state index contributed by atoms with van der Waals surface area (Å²) in [5.41, 5.74) is 2.24. The number of benzene rings is 2. The van der Waals surface area contributed by atoms with Crippen molar-refractivity contribution < 1.29 is 14.3 Å². The first-order valence-electron chi connectivity index (χ1n) is 10.8. The van der Waals surface area contributed by atoms with Gasteiger partial charge in [0.25, 0.3) is 0 Å². The lowest BCUT2D eigenvalue weighted by Gasteiger charge is -2.21. The summed E-state index contributed by atoms with van der Waals surface area (Å²) >= 11 is 0. The fraction of sp³-hybridized carbons (Fsp3) is 0.400. The molecule has 1 amide bonds. The second kappa shape index (κ2) is 11.4. The molecule has 0 radical (unpaired) electrons. The van der Waals surface area contributed by atoms with Gasteiger partial charge in [-0.2, -0.15) is 0 Å². The lowest BCUT2D eigenvalue weighted by Crippen LogP contribution is -2.34. The maximum Gasteiger partial charge on any atom is 0.246 e. The van der Waals surface area contributed by atoms with Crippen LogP contribution in [0.15, 0.2) is 54.6 Å². The normalized spacial score (nSPS) is 15.2. The Labute approximate surface area is 179 Å². The molecule has 0 atom stereocenters. The van der Waals surface area contributed by atoms with Gasteiger partial charge in [0.15, 0.2) is 11.5 Å². The van der Waals surface area contributed by atoms with Crippen molar-refractivity contribution in [1.82, 2.24) is 9.80 Å². The summed E-state index contributed by atoms with van der Waals surface area (Å²) in [7, 11) is 0. The standard InChI is InChI=1S/C25H32N2O3/c1-3-29-23-13-11-21(19-24(23)30-4-2)12-14-25(28)27-16-8-15-26(17-18-27)20-22-9-6-5-7-10-22/h5-7,9-14,19H,3-4,8,15-18,20H2,1-2H3/b14-12+. The second-order valence-corrected chi connectivity index (χ2v) is 7.35. The topological polar surface area (TPSA) is 42.0 Å². The molecule has 0 saturated carbocycles. The lowest BCUT2D eigenvalue weighted by atomic mass is 10.2. The zero-order valence-corrected chi connectivity index (χ0v) is 18.0. The van der Waals surface area contributed by atoms with E-state index in [2.05, 4.69) is 29.2 Å². The van der Waals surface area contributed by atoms with Crippen LogP contribution in [0, 0.1) is 0 Å². The molecular weight excluding hydrogens is 376 g/mol. The van der Waals surface area contributed by atoms with Crippen molar-refractivity contribution in [1.29, 1.82) is 0 Å². The van der Waals surface area contributed by atoms with E-state index in [-0.39, 0.29) is 5.91 Å². The minimum atomic E-state index is 0.0587. The lowest BCUT2D eigenvalue weighted by molar-refractivity contribution is -0.125. The highest BCUT2D eigenvalue weighted by atomic mass is 16.5. The third-order valence-electron chi connectivity index (χ3n) is 5.14. The SMILES string of the molecule is CCOc1ccc(/C=C/C(=O)N2CCCN(Cc3ccccc3)CC2)cc1OCC. The summed E-state index contributed by atoms with van der Waals surface area (Å²) in [6.45, 7) is 9.44. The molecule has 1 aliphatic rings. The van der Waals surface area contributed by atoms with Crippen molar-refractivity contribution in [3.8, 4) is 11.5 Å². The second-order valence-electron chi connectivity index (χ2n) is 7.35. The van der Waals surface area contributed by atoms with Crippen LogP contribution >= 0.6 is 0 Å². The Morgan fingerprint density at radius 2 is 1.70 bits per heavy atom. The molecule has 0 aliphatic carbocycles. The van der Waals surface area contributed by atoms with Crippen LogP contribution in [0.5, 0.6) is 11.5 Å². The third kappa shape index (κ3) is 6.36. The highest BCUT2D eigenvalue weighted by Gasteiger charge is 2.17. The molecule has 0 N–H and O–H groups in total. The summed E-state index contributed by atoms with van der Waals surface area (Å²) in [4.78, 5) is 17.1. The van der Waals surface area contributed by atoms with Crippen molar-refractivity contribution in [2.45, 2.75) is 26.8 Å². The monoisotopic (exact) mass is 408 g/mol. The molecule has 0 aromatic heterocycles. The van der Waals surface area contributed by atoms with Gasteiger partial charge in [-0.15, -0.1) is 0 Å². The molecule has 2 aromatic rings. The first-order chi connectivity index (χ1) is 14.7. The van der Waals surface area contributed by atoms with Crippen LogP contribution in [0.2, 0.25) is 0 Å². The van der Waals surface area contributed by atoms with E-state index in [1.807, 2.05) is 49.1 Å². The maximum absolute atomic E-state index is 12.7. The predicted molar refractivity (Wildman–Crippen MR) is 121 cm³/mol. The number of hydrogen-bond donors (Lipinski definition) is 0. The molecule has 1 aliphatic heterocycles. The average molecular weight is 409 g/mol. The number of rotatable bonds is 8. The Hall–Kier alpha value is -2.79. The molecule has 5 nitrogen and oxygen atoms in total. The van der Waals surface area contributed by atoms with E-state index in [0.717, 1.165) is 50.5 Å². The third-order valence-corrected chi connectivity index (χ3v) is 5.14. The number of nitrogens with zero attached hydrogens (tertiary/aromatic N) is 2. The number of ether oxygens (including phenoxy) is 2. The number of hydrogen-bond acceptors (Lipinski definition) is 4. The molecule has 160 valence electrons. The largest absolute Gasteiger partial charge is 0.490 e.